The summed E-state index contributed by atoms with van der Waals surface area (Å²) in [5.74, 6) is 1.96. The minimum atomic E-state index is -0.178. The zero-order valence-electron chi connectivity index (χ0n) is 23.6. The number of amides is 1. The van der Waals surface area contributed by atoms with Gasteiger partial charge in [-0.25, -0.2) is 4.98 Å². The molecule has 2 heterocycles. The molecule has 4 aromatic rings. The molecule has 0 spiro atoms. The third kappa shape index (κ3) is 5.90. The molecule has 1 aliphatic rings. The molecule has 210 valence electrons. The van der Waals surface area contributed by atoms with Crippen molar-refractivity contribution in [1.82, 2.24) is 9.55 Å². The molecule has 40 heavy (non-hydrogen) atoms. The van der Waals surface area contributed by atoms with E-state index >= 15 is 0 Å². The Bertz CT molecular complexity index is 1570. The van der Waals surface area contributed by atoms with E-state index in [9.17, 15) is 9.59 Å². The van der Waals surface area contributed by atoms with Gasteiger partial charge in [0.1, 0.15) is 16.3 Å². The van der Waals surface area contributed by atoms with Crippen molar-refractivity contribution in [2.45, 2.75) is 52.1 Å². The Kier molecular flexibility index (Phi) is 8.24. The molecule has 1 N–H and O–H groups in total. The second-order valence-corrected chi connectivity index (χ2v) is 13.0. The first-order valence-electron chi connectivity index (χ1n) is 13.5. The second-order valence-electron chi connectivity index (χ2n) is 11.0. The summed E-state index contributed by atoms with van der Waals surface area (Å²) >= 11 is 2.89. The molecule has 5 rings (SSSR count). The van der Waals surface area contributed by atoms with Crippen molar-refractivity contribution in [3.63, 3.8) is 0 Å². The van der Waals surface area contributed by atoms with Crippen LogP contribution in [0, 0.1) is 11.3 Å². The molecule has 0 bridgehead atoms. The number of nitrogens with one attached hydrogen (secondary N) is 1. The van der Waals surface area contributed by atoms with Gasteiger partial charge in [0.2, 0.25) is 5.91 Å². The van der Waals surface area contributed by atoms with Crippen LogP contribution in [0.15, 0.2) is 58.5 Å². The van der Waals surface area contributed by atoms with Crippen LogP contribution < -0.4 is 20.3 Å². The Morgan fingerprint density at radius 1 is 1.12 bits per heavy atom. The molecule has 1 unspecified atom stereocenters. The zero-order valence-corrected chi connectivity index (χ0v) is 25.2. The molecule has 2 aromatic carbocycles. The average Bonchev–Trinajstić information content (AvgIpc) is 3.31. The van der Waals surface area contributed by atoms with E-state index in [0.29, 0.717) is 40.2 Å². The molecule has 0 aliphatic heterocycles. The van der Waals surface area contributed by atoms with Crippen molar-refractivity contribution in [3.8, 4) is 17.2 Å². The van der Waals surface area contributed by atoms with E-state index in [2.05, 4.69) is 26.1 Å². The van der Waals surface area contributed by atoms with Crippen molar-refractivity contribution in [2.75, 3.05) is 24.8 Å². The predicted octanol–water partition coefficient (Wildman–Crippen LogP) is 6.74. The SMILES string of the molecule is CCOc1ccc(NC(=O)CSc2nc3sc4c(c3c(=O)n2-c2ccc(OC)cc2)CCC(C(C)(C)C)C4)cc1. The highest BCUT2D eigenvalue weighted by molar-refractivity contribution is 7.99. The molecular formula is C31H35N3O4S2. The van der Waals surface area contributed by atoms with E-state index in [-0.39, 0.29) is 22.6 Å². The van der Waals surface area contributed by atoms with Crippen LogP contribution >= 0.6 is 23.1 Å². The minimum absolute atomic E-state index is 0.0868. The van der Waals surface area contributed by atoms with Gasteiger partial charge in [-0.2, -0.15) is 0 Å². The molecule has 1 atom stereocenters. The predicted molar refractivity (Wildman–Crippen MR) is 164 cm³/mol. The van der Waals surface area contributed by atoms with E-state index in [0.717, 1.165) is 35.4 Å². The first-order chi connectivity index (χ1) is 19.2. The van der Waals surface area contributed by atoms with Crippen LogP contribution in [0.5, 0.6) is 11.5 Å². The largest absolute Gasteiger partial charge is 0.497 e. The molecule has 0 fully saturated rings. The fourth-order valence-corrected chi connectivity index (χ4v) is 7.28. The van der Waals surface area contributed by atoms with Crippen molar-refractivity contribution < 1.29 is 14.3 Å². The minimum Gasteiger partial charge on any atom is -0.497 e. The van der Waals surface area contributed by atoms with Gasteiger partial charge in [0.15, 0.2) is 5.16 Å². The summed E-state index contributed by atoms with van der Waals surface area (Å²) < 4.78 is 12.4. The van der Waals surface area contributed by atoms with Crippen molar-refractivity contribution >= 4 is 44.9 Å². The summed E-state index contributed by atoms with van der Waals surface area (Å²) in [5.41, 5.74) is 2.64. The van der Waals surface area contributed by atoms with Gasteiger partial charge in [-0.05, 0) is 91.6 Å². The van der Waals surface area contributed by atoms with Crippen LogP contribution in [0.2, 0.25) is 0 Å². The number of carbonyl (C=O) groups is 1. The van der Waals surface area contributed by atoms with Gasteiger partial charge in [0.25, 0.3) is 5.56 Å². The maximum absolute atomic E-state index is 14.1. The van der Waals surface area contributed by atoms with Gasteiger partial charge >= 0.3 is 0 Å². The number of hydrogen-bond acceptors (Lipinski definition) is 7. The quantitative estimate of drug-likeness (QED) is 0.185. The summed E-state index contributed by atoms with van der Waals surface area (Å²) in [6, 6.07) is 14.6. The summed E-state index contributed by atoms with van der Waals surface area (Å²) in [7, 11) is 1.61. The van der Waals surface area contributed by atoms with Crippen molar-refractivity contribution in [3.05, 3.63) is 69.3 Å². The molecule has 1 amide bonds. The summed E-state index contributed by atoms with van der Waals surface area (Å²) in [5, 5.41) is 4.13. The highest BCUT2D eigenvalue weighted by Crippen LogP contribution is 2.42. The number of hydrogen-bond donors (Lipinski definition) is 1. The number of fused-ring (bicyclic) bond motifs is 3. The van der Waals surface area contributed by atoms with Gasteiger partial charge in [-0.3, -0.25) is 14.2 Å². The number of ether oxygens (including phenoxy) is 2. The summed E-state index contributed by atoms with van der Waals surface area (Å²) in [6.07, 6.45) is 2.91. The smallest absolute Gasteiger partial charge is 0.267 e. The van der Waals surface area contributed by atoms with Crippen LogP contribution in [0.1, 0.15) is 44.6 Å². The number of aromatic nitrogens is 2. The molecular weight excluding hydrogens is 542 g/mol. The van der Waals surface area contributed by atoms with Gasteiger partial charge < -0.3 is 14.8 Å². The van der Waals surface area contributed by atoms with E-state index in [1.54, 1.807) is 23.0 Å². The lowest BCUT2D eigenvalue weighted by Gasteiger charge is -2.33. The van der Waals surface area contributed by atoms with Crippen molar-refractivity contribution in [2.24, 2.45) is 11.3 Å². The Morgan fingerprint density at radius 2 is 1.82 bits per heavy atom. The normalized spacial score (nSPS) is 15.1. The Hall–Kier alpha value is -3.30. The fraction of sp³-hybridized carbons (Fsp3) is 0.387. The number of anilines is 1. The Balaban J connectivity index is 1.47. The summed E-state index contributed by atoms with van der Waals surface area (Å²) in [6.45, 7) is 9.38. The number of carbonyl (C=O) groups excluding carboxylic acids is 1. The fourth-order valence-electron chi connectivity index (χ4n) is 5.13. The van der Waals surface area contributed by atoms with Gasteiger partial charge in [0.05, 0.1) is 30.5 Å². The van der Waals surface area contributed by atoms with Crippen LogP contribution in [0.25, 0.3) is 15.9 Å². The van der Waals surface area contributed by atoms with E-state index < -0.39 is 0 Å². The lowest BCUT2D eigenvalue weighted by atomic mass is 9.72. The highest BCUT2D eigenvalue weighted by atomic mass is 32.2. The molecule has 0 radical (unpaired) electrons. The monoisotopic (exact) mass is 577 g/mol. The number of rotatable bonds is 8. The number of thioether (sulfide) groups is 1. The van der Waals surface area contributed by atoms with E-state index in [4.69, 9.17) is 14.5 Å². The van der Waals surface area contributed by atoms with E-state index in [1.165, 1.54) is 16.6 Å². The van der Waals surface area contributed by atoms with Crippen molar-refractivity contribution in [1.29, 1.82) is 0 Å². The lowest BCUT2D eigenvalue weighted by Crippen LogP contribution is -2.27. The Morgan fingerprint density at radius 3 is 2.48 bits per heavy atom. The summed E-state index contributed by atoms with van der Waals surface area (Å²) in [4.78, 5) is 34.0. The molecule has 0 saturated heterocycles. The molecule has 7 nitrogen and oxygen atoms in total. The van der Waals surface area contributed by atoms with Gasteiger partial charge in [0, 0.05) is 10.6 Å². The number of nitrogens with zero attached hydrogens (tertiary/aromatic N) is 2. The molecule has 2 aromatic heterocycles. The number of benzene rings is 2. The van der Waals surface area contributed by atoms with Crippen LogP contribution in [0.3, 0.4) is 0 Å². The van der Waals surface area contributed by atoms with E-state index in [1.807, 2.05) is 55.5 Å². The highest BCUT2D eigenvalue weighted by Gasteiger charge is 2.32. The second kappa shape index (κ2) is 11.7. The molecule has 0 saturated carbocycles. The molecule has 1 aliphatic carbocycles. The zero-order chi connectivity index (χ0) is 28.4. The average molecular weight is 578 g/mol. The molecule has 9 heteroatoms. The third-order valence-electron chi connectivity index (χ3n) is 7.39. The van der Waals surface area contributed by atoms with Gasteiger partial charge in [-0.1, -0.05) is 32.5 Å². The van der Waals surface area contributed by atoms with Crippen LogP contribution in [0.4, 0.5) is 5.69 Å². The van der Waals surface area contributed by atoms with Crippen LogP contribution in [-0.2, 0) is 17.6 Å². The number of thiophene rings is 1. The Labute approximate surface area is 242 Å². The number of methoxy groups -OCH3 is 1. The maximum atomic E-state index is 14.1. The maximum Gasteiger partial charge on any atom is 0.267 e. The van der Waals surface area contributed by atoms with Gasteiger partial charge in [-0.15, -0.1) is 11.3 Å². The standard InChI is InChI=1S/C31H35N3O4S2/c1-6-38-23-12-8-20(9-13-23)32-26(35)18-39-30-33-28-27(24-16-7-19(31(2,3)4)17-25(24)40-28)29(36)34(30)21-10-14-22(37-5)15-11-21/h8-15,19H,6-7,16-18H2,1-5H3,(H,32,35). The topological polar surface area (TPSA) is 82.5 Å². The first kappa shape index (κ1) is 28.2. The van der Waals surface area contributed by atoms with Crippen LogP contribution in [-0.4, -0.2) is 34.9 Å². The first-order valence-corrected chi connectivity index (χ1v) is 15.4. The lowest BCUT2D eigenvalue weighted by molar-refractivity contribution is -0.113. The third-order valence-corrected chi connectivity index (χ3v) is 9.48. The number of aryl methyl sites for hydroxylation is 1.